The topological polar surface area (TPSA) is 93.4 Å². The van der Waals surface area contributed by atoms with E-state index in [0.29, 0.717) is 22.8 Å². The molecule has 2 heterocycles. The van der Waals surface area contributed by atoms with Crippen LogP contribution >= 0.6 is 15.9 Å². The number of amides is 1. The van der Waals surface area contributed by atoms with Crippen LogP contribution in [0, 0.1) is 15.9 Å². The van der Waals surface area contributed by atoms with Gasteiger partial charge in [0.2, 0.25) is 0 Å². The standard InChI is InChI=1S/C21H15BrFN3O4S/c22-19-16(23)9-13(10-18(19)26(28)29)12-25(21(27)15-4-2-7-24-11-15)17-5-1-3-14-6-8-31(30)20(14)17/h1-5,7,9-11H,6,8,12H2. The van der Waals surface area contributed by atoms with Crippen molar-refractivity contribution in [3.05, 3.63) is 92.0 Å². The van der Waals surface area contributed by atoms with Crippen LogP contribution in [0.5, 0.6) is 0 Å². The molecule has 0 fully saturated rings. The van der Waals surface area contributed by atoms with Gasteiger partial charge < -0.3 is 4.90 Å². The number of anilines is 1. The van der Waals surface area contributed by atoms with E-state index in [0.717, 1.165) is 11.6 Å². The smallest absolute Gasteiger partial charge is 0.286 e. The van der Waals surface area contributed by atoms with Gasteiger partial charge in [-0.2, -0.15) is 0 Å². The highest BCUT2D eigenvalue weighted by Crippen LogP contribution is 2.35. The molecule has 4 rings (SSSR count). The van der Waals surface area contributed by atoms with Crippen molar-refractivity contribution >= 4 is 44.0 Å². The Morgan fingerprint density at radius 1 is 1.29 bits per heavy atom. The number of benzene rings is 2. The summed E-state index contributed by atoms with van der Waals surface area (Å²) in [6.07, 6.45) is 3.56. The third kappa shape index (κ3) is 4.13. The Morgan fingerprint density at radius 2 is 2.10 bits per heavy atom. The van der Waals surface area contributed by atoms with E-state index in [9.17, 15) is 23.5 Å². The molecule has 1 amide bonds. The fourth-order valence-electron chi connectivity index (χ4n) is 3.50. The summed E-state index contributed by atoms with van der Waals surface area (Å²) in [4.78, 5) is 29.9. The van der Waals surface area contributed by atoms with Gasteiger partial charge in [-0.15, -0.1) is 0 Å². The van der Waals surface area contributed by atoms with Gasteiger partial charge >= 0.3 is 0 Å². The molecule has 1 aliphatic rings. The van der Waals surface area contributed by atoms with Crippen LogP contribution in [0.25, 0.3) is 0 Å². The van der Waals surface area contributed by atoms with E-state index >= 15 is 0 Å². The van der Waals surface area contributed by atoms with Crippen LogP contribution in [0.1, 0.15) is 21.5 Å². The summed E-state index contributed by atoms with van der Waals surface area (Å²) in [6.45, 7) is -0.146. The molecule has 1 aromatic heterocycles. The Morgan fingerprint density at radius 3 is 2.81 bits per heavy atom. The van der Waals surface area contributed by atoms with Crippen molar-refractivity contribution in [1.29, 1.82) is 0 Å². The van der Waals surface area contributed by atoms with Crippen LogP contribution < -0.4 is 4.90 Å². The van der Waals surface area contributed by atoms with Gasteiger partial charge in [0.15, 0.2) is 0 Å². The number of aromatic nitrogens is 1. The fourth-order valence-corrected chi connectivity index (χ4v) is 5.35. The first kappa shape index (κ1) is 21.3. The van der Waals surface area contributed by atoms with Crippen molar-refractivity contribution in [3.8, 4) is 0 Å². The van der Waals surface area contributed by atoms with E-state index in [1.54, 1.807) is 24.3 Å². The third-order valence-corrected chi connectivity index (χ3v) is 7.20. The number of nitrogens with zero attached hydrogens (tertiary/aromatic N) is 3. The van der Waals surface area contributed by atoms with Gasteiger partial charge in [-0.3, -0.25) is 24.1 Å². The Balaban J connectivity index is 1.84. The van der Waals surface area contributed by atoms with Gasteiger partial charge in [-0.1, -0.05) is 12.1 Å². The lowest BCUT2D eigenvalue weighted by Crippen LogP contribution is -2.31. The normalized spacial score (nSPS) is 14.8. The number of nitro benzene ring substituents is 1. The first-order valence-corrected chi connectivity index (χ1v) is 11.3. The summed E-state index contributed by atoms with van der Waals surface area (Å²) in [5, 5.41) is 11.3. The number of hydrogen-bond acceptors (Lipinski definition) is 5. The van der Waals surface area contributed by atoms with Crippen LogP contribution in [0.2, 0.25) is 0 Å². The number of hydrogen-bond donors (Lipinski definition) is 0. The molecule has 0 N–H and O–H groups in total. The van der Waals surface area contributed by atoms with Gasteiger partial charge in [0, 0.05) is 24.2 Å². The van der Waals surface area contributed by atoms with Gasteiger partial charge in [0.1, 0.15) is 10.3 Å². The zero-order valence-corrected chi connectivity index (χ0v) is 18.4. The molecule has 0 saturated carbocycles. The highest BCUT2D eigenvalue weighted by molar-refractivity contribution is 9.10. The maximum absolute atomic E-state index is 14.3. The average Bonchev–Trinajstić information content (AvgIpc) is 3.15. The van der Waals surface area contributed by atoms with Crippen LogP contribution in [-0.2, 0) is 23.8 Å². The Labute approximate surface area is 187 Å². The van der Waals surface area contributed by atoms with Gasteiger partial charge in [0.05, 0.1) is 38.4 Å². The minimum atomic E-state index is -1.28. The quantitative estimate of drug-likeness (QED) is 0.379. The SMILES string of the molecule is O=C(c1cccnc1)N(Cc1cc(F)c(Br)c([N+](=O)[O-])c1)c1cccc2c1S(=O)CC2. The monoisotopic (exact) mass is 503 g/mol. The van der Waals surface area contributed by atoms with E-state index < -0.39 is 33.1 Å². The molecule has 31 heavy (non-hydrogen) atoms. The summed E-state index contributed by atoms with van der Waals surface area (Å²) >= 11 is 2.89. The van der Waals surface area contributed by atoms with Crippen molar-refractivity contribution < 1.29 is 18.3 Å². The fraction of sp³-hybridized carbons (Fsp3) is 0.143. The molecule has 1 aliphatic heterocycles. The molecule has 0 saturated heterocycles. The van der Waals surface area contributed by atoms with E-state index in [2.05, 4.69) is 20.9 Å². The largest absolute Gasteiger partial charge is 0.303 e. The van der Waals surface area contributed by atoms with Gasteiger partial charge in [-0.05, 0) is 57.7 Å². The van der Waals surface area contributed by atoms with Crippen LogP contribution in [0.3, 0.4) is 0 Å². The van der Waals surface area contributed by atoms with Crippen LogP contribution in [-0.4, -0.2) is 25.8 Å². The van der Waals surface area contributed by atoms with Gasteiger partial charge in [0.25, 0.3) is 11.6 Å². The molecule has 0 aliphatic carbocycles. The summed E-state index contributed by atoms with van der Waals surface area (Å²) < 4.78 is 26.7. The zero-order valence-electron chi connectivity index (χ0n) is 16.0. The van der Waals surface area contributed by atoms with Crippen molar-refractivity contribution in [1.82, 2.24) is 4.98 Å². The average molecular weight is 504 g/mol. The number of carbonyl (C=O) groups excluding carboxylic acids is 1. The lowest BCUT2D eigenvalue weighted by molar-refractivity contribution is -0.385. The van der Waals surface area contributed by atoms with Crippen LogP contribution in [0.15, 0.2) is 64.2 Å². The molecule has 158 valence electrons. The number of halogens is 2. The number of carbonyl (C=O) groups is 1. The summed E-state index contributed by atoms with van der Waals surface area (Å²) in [5.41, 5.74) is 1.40. The Bertz CT molecular complexity index is 1220. The number of fused-ring (bicyclic) bond motifs is 1. The molecular weight excluding hydrogens is 489 g/mol. The highest BCUT2D eigenvalue weighted by atomic mass is 79.9. The summed E-state index contributed by atoms with van der Waals surface area (Å²) in [6, 6.07) is 10.9. The second-order valence-corrected chi connectivity index (χ2v) is 9.17. The van der Waals surface area contributed by atoms with E-state index in [-0.39, 0.29) is 22.1 Å². The summed E-state index contributed by atoms with van der Waals surface area (Å²) in [7, 11) is -1.28. The first-order chi connectivity index (χ1) is 14.9. The van der Waals surface area contributed by atoms with Crippen molar-refractivity contribution in [3.63, 3.8) is 0 Å². The van der Waals surface area contributed by atoms with E-state index in [1.807, 2.05) is 6.07 Å². The first-order valence-electron chi connectivity index (χ1n) is 9.21. The maximum atomic E-state index is 14.3. The molecule has 2 aromatic carbocycles. The second-order valence-electron chi connectivity index (χ2n) is 6.87. The highest BCUT2D eigenvalue weighted by Gasteiger charge is 2.29. The maximum Gasteiger partial charge on any atom is 0.286 e. The van der Waals surface area contributed by atoms with Crippen LogP contribution in [0.4, 0.5) is 15.8 Å². The lowest BCUT2D eigenvalue weighted by Gasteiger charge is -2.25. The number of pyridine rings is 1. The van der Waals surface area contributed by atoms with Gasteiger partial charge in [-0.25, -0.2) is 4.39 Å². The Hall–Kier alpha value is -2.98. The molecule has 0 spiro atoms. The lowest BCUT2D eigenvalue weighted by atomic mass is 10.1. The van der Waals surface area contributed by atoms with Crippen molar-refractivity contribution in [2.24, 2.45) is 0 Å². The summed E-state index contributed by atoms with van der Waals surface area (Å²) in [5.74, 6) is -0.782. The minimum absolute atomic E-state index is 0.146. The second kappa shape index (κ2) is 8.64. The Kier molecular flexibility index (Phi) is 5.92. The molecule has 0 bridgehead atoms. The molecule has 0 radical (unpaired) electrons. The molecule has 1 atom stereocenters. The molecule has 7 nitrogen and oxygen atoms in total. The number of aryl methyl sites for hydroxylation is 1. The molecule has 10 heteroatoms. The number of rotatable bonds is 5. The molecular formula is C21H15BrFN3O4S. The predicted octanol–water partition coefficient (Wildman–Crippen LogP) is 4.40. The van der Waals surface area contributed by atoms with Crippen molar-refractivity contribution in [2.75, 3.05) is 10.7 Å². The predicted molar refractivity (Wildman–Crippen MR) is 117 cm³/mol. The van der Waals surface area contributed by atoms with E-state index in [4.69, 9.17) is 0 Å². The van der Waals surface area contributed by atoms with E-state index in [1.165, 1.54) is 23.4 Å². The molecule has 3 aromatic rings. The molecule has 1 unspecified atom stereocenters. The number of nitro groups is 1. The third-order valence-electron chi connectivity index (χ3n) is 4.91. The van der Waals surface area contributed by atoms with Crippen molar-refractivity contribution in [2.45, 2.75) is 17.9 Å². The zero-order chi connectivity index (χ0) is 22.1. The minimum Gasteiger partial charge on any atom is -0.303 e.